The Morgan fingerprint density at radius 2 is 2.04 bits per heavy atom. The number of hydrogen-bond acceptors (Lipinski definition) is 4. The Kier molecular flexibility index (Phi) is 6.29. The normalized spacial score (nSPS) is 23.1. The van der Waals surface area contributed by atoms with E-state index in [1.807, 2.05) is 6.92 Å². The smallest absolute Gasteiger partial charge is 0.267 e. The van der Waals surface area contributed by atoms with Crippen molar-refractivity contribution in [1.82, 2.24) is 4.72 Å². The lowest BCUT2D eigenvalue weighted by Crippen LogP contribution is -2.34. The fourth-order valence-corrected chi connectivity index (χ4v) is 4.17. The summed E-state index contributed by atoms with van der Waals surface area (Å²) in [5.41, 5.74) is 0.234. The van der Waals surface area contributed by atoms with Crippen LogP contribution in [0.5, 0.6) is 5.75 Å². The van der Waals surface area contributed by atoms with Gasteiger partial charge in [0.25, 0.3) is 5.91 Å². The molecule has 8 heteroatoms. The van der Waals surface area contributed by atoms with Gasteiger partial charge in [-0.3, -0.25) is 4.79 Å². The summed E-state index contributed by atoms with van der Waals surface area (Å²) < 4.78 is 57.9. The summed E-state index contributed by atoms with van der Waals surface area (Å²) >= 11 is 0. The summed E-state index contributed by atoms with van der Waals surface area (Å²) in [4.78, 5) is 11.8. The molecule has 1 amide bonds. The third-order valence-electron chi connectivity index (χ3n) is 4.87. The zero-order valence-electron chi connectivity index (χ0n) is 15.8. The minimum Gasteiger partial charge on any atom is -0.490 e. The Labute approximate surface area is 158 Å². The maximum Gasteiger partial charge on any atom is 0.267 e. The monoisotopic (exact) mass is 401 g/mol. The number of ether oxygens (including phenoxy) is 1. The summed E-state index contributed by atoms with van der Waals surface area (Å²) in [6.07, 6.45) is 4.19. The highest BCUT2D eigenvalue weighted by atomic mass is 32.2. The van der Waals surface area contributed by atoms with Gasteiger partial charge in [0, 0.05) is 11.5 Å². The molecule has 2 rings (SSSR count). The molecule has 0 aliphatic heterocycles. The van der Waals surface area contributed by atoms with Crippen LogP contribution in [-0.2, 0) is 10.0 Å². The predicted octanol–water partition coefficient (Wildman–Crippen LogP) is 3.81. The standard InChI is InChI=1S/C19H25F2NO4S/c1-5-19(9-12(2)6-13(3)10-19)11-26-17-8-15(20)14(7-16(17)21)18(23)22-27(4,24)25/h7-8,13H,2,5-6,9-11H2,1,3-4H3,(H,22,23). The van der Waals surface area contributed by atoms with Crippen LogP contribution in [0.2, 0.25) is 0 Å². The van der Waals surface area contributed by atoms with Gasteiger partial charge >= 0.3 is 0 Å². The zero-order chi connectivity index (χ0) is 20.4. The second kappa shape index (κ2) is 7.96. The van der Waals surface area contributed by atoms with Crippen LogP contribution in [-0.4, -0.2) is 27.2 Å². The highest BCUT2D eigenvalue weighted by Crippen LogP contribution is 2.44. The Hall–Kier alpha value is -1.96. The second-order valence-corrected chi connectivity index (χ2v) is 9.30. The molecule has 1 aromatic rings. The van der Waals surface area contributed by atoms with Gasteiger partial charge in [-0.1, -0.05) is 26.0 Å². The maximum absolute atomic E-state index is 14.3. The van der Waals surface area contributed by atoms with E-state index in [-0.39, 0.29) is 17.8 Å². The van der Waals surface area contributed by atoms with E-state index >= 15 is 0 Å². The van der Waals surface area contributed by atoms with Crippen LogP contribution in [0.15, 0.2) is 24.3 Å². The lowest BCUT2D eigenvalue weighted by molar-refractivity contribution is 0.0884. The molecule has 27 heavy (non-hydrogen) atoms. The first kappa shape index (κ1) is 21.3. The van der Waals surface area contributed by atoms with Crippen LogP contribution in [0.3, 0.4) is 0 Å². The topological polar surface area (TPSA) is 72.5 Å². The van der Waals surface area contributed by atoms with Crippen molar-refractivity contribution in [2.45, 2.75) is 39.5 Å². The van der Waals surface area contributed by atoms with Crippen molar-refractivity contribution in [2.24, 2.45) is 11.3 Å². The summed E-state index contributed by atoms with van der Waals surface area (Å²) in [5, 5.41) is 0. The highest BCUT2D eigenvalue weighted by Gasteiger charge is 2.36. The Morgan fingerprint density at radius 1 is 1.37 bits per heavy atom. The van der Waals surface area contributed by atoms with Crippen molar-refractivity contribution >= 4 is 15.9 Å². The van der Waals surface area contributed by atoms with E-state index in [0.717, 1.165) is 43.6 Å². The van der Waals surface area contributed by atoms with Gasteiger partial charge in [0.1, 0.15) is 5.82 Å². The van der Waals surface area contributed by atoms with Crippen LogP contribution in [0, 0.1) is 23.0 Å². The molecular weight excluding hydrogens is 376 g/mol. The quantitative estimate of drug-likeness (QED) is 0.736. The van der Waals surface area contributed by atoms with Crippen molar-refractivity contribution in [3.05, 3.63) is 41.5 Å². The molecular formula is C19H25F2NO4S. The summed E-state index contributed by atoms with van der Waals surface area (Å²) in [5.74, 6) is -3.08. The molecule has 0 spiro atoms. The number of benzene rings is 1. The molecule has 2 atom stereocenters. The van der Waals surface area contributed by atoms with Crippen molar-refractivity contribution < 1.29 is 26.7 Å². The van der Waals surface area contributed by atoms with E-state index in [0.29, 0.717) is 12.0 Å². The molecule has 1 fully saturated rings. The highest BCUT2D eigenvalue weighted by molar-refractivity contribution is 7.89. The number of amides is 1. The third kappa shape index (κ3) is 5.51. The summed E-state index contributed by atoms with van der Waals surface area (Å²) in [6.45, 7) is 8.44. The van der Waals surface area contributed by atoms with Crippen molar-refractivity contribution in [1.29, 1.82) is 0 Å². The van der Waals surface area contributed by atoms with Gasteiger partial charge in [0.15, 0.2) is 11.6 Å². The number of rotatable bonds is 6. The molecule has 0 bridgehead atoms. The zero-order valence-corrected chi connectivity index (χ0v) is 16.6. The van der Waals surface area contributed by atoms with E-state index < -0.39 is 33.1 Å². The number of sulfonamides is 1. The number of allylic oxidation sites excluding steroid dienone is 1. The SMILES string of the molecule is C=C1CC(C)CC(CC)(COc2cc(F)c(C(=O)NS(C)(=O)=O)cc2F)C1. The fraction of sp³-hybridized carbons (Fsp3) is 0.526. The molecule has 1 aliphatic carbocycles. The molecule has 1 N–H and O–H groups in total. The van der Waals surface area contributed by atoms with E-state index in [9.17, 15) is 22.0 Å². The minimum absolute atomic E-state index is 0.190. The van der Waals surface area contributed by atoms with E-state index in [2.05, 4.69) is 13.5 Å². The first-order valence-electron chi connectivity index (χ1n) is 8.75. The fourth-order valence-electron chi connectivity index (χ4n) is 3.73. The summed E-state index contributed by atoms with van der Waals surface area (Å²) in [7, 11) is -3.89. The van der Waals surface area contributed by atoms with Crippen molar-refractivity contribution in [3.8, 4) is 5.75 Å². The van der Waals surface area contributed by atoms with Gasteiger partial charge in [-0.05, 0) is 37.7 Å². The van der Waals surface area contributed by atoms with Gasteiger partial charge in [-0.2, -0.15) is 0 Å². The molecule has 0 heterocycles. The number of carbonyl (C=O) groups is 1. The average Bonchev–Trinajstić information content (AvgIpc) is 2.52. The molecule has 1 aromatic carbocycles. The molecule has 1 aliphatic rings. The van der Waals surface area contributed by atoms with Gasteiger partial charge in [0.2, 0.25) is 10.0 Å². The molecule has 2 unspecified atom stereocenters. The van der Waals surface area contributed by atoms with Gasteiger partial charge in [0.05, 0.1) is 18.4 Å². The Morgan fingerprint density at radius 3 is 2.59 bits per heavy atom. The largest absolute Gasteiger partial charge is 0.490 e. The van der Waals surface area contributed by atoms with Crippen LogP contribution >= 0.6 is 0 Å². The van der Waals surface area contributed by atoms with Crippen molar-refractivity contribution in [3.63, 3.8) is 0 Å². The second-order valence-electron chi connectivity index (χ2n) is 7.55. The molecule has 0 aromatic heterocycles. The average molecular weight is 401 g/mol. The number of nitrogens with one attached hydrogen (secondary N) is 1. The van der Waals surface area contributed by atoms with Gasteiger partial charge < -0.3 is 4.74 Å². The van der Waals surface area contributed by atoms with Crippen LogP contribution in [0.4, 0.5) is 8.78 Å². The molecule has 0 radical (unpaired) electrons. The maximum atomic E-state index is 14.3. The minimum atomic E-state index is -3.89. The van der Waals surface area contributed by atoms with Gasteiger partial charge in [-0.15, -0.1) is 0 Å². The number of carbonyl (C=O) groups excluding carboxylic acids is 1. The molecule has 1 saturated carbocycles. The number of hydrogen-bond donors (Lipinski definition) is 1. The van der Waals surface area contributed by atoms with E-state index in [4.69, 9.17) is 4.74 Å². The Balaban J connectivity index is 2.19. The third-order valence-corrected chi connectivity index (χ3v) is 5.43. The first-order valence-corrected chi connectivity index (χ1v) is 10.6. The van der Waals surface area contributed by atoms with E-state index in [1.54, 1.807) is 4.72 Å². The molecule has 5 nitrogen and oxygen atoms in total. The van der Waals surface area contributed by atoms with Crippen LogP contribution < -0.4 is 9.46 Å². The number of halogens is 2. The lowest BCUT2D eigenvalue weighted by atomic mass is 9.67. The molecule has 0 saturated heterocycles. The lowest BCUT2D eigenvalue weighted by Gasteiger charge is -2.40. The Bertz CT molecular complexity index is 854. The summed E-state index contributed by atoms with van der Waals surface area (Å²) in [6, 6.07) is 1.42. The van der Waals surface area contributed by atoms with E-state index in [1.165, 1.54) is 0 Å². The molecule has 150 valence electrons. The van der Waals surface area contributed by atoms with Gasteiger partial charge in [-0.25, -0.2) is 21.9 Å². The van der Waals surface area contributed by atoms with Crippen LogP contribution in [0.25, 0.3) is 0 Å². The predicted molar refractivity (Wildman–Crippen MR) is 99.0 cm³/mol. The first-order chi connectivity index (χ1) is 12.4. The van der Waals surface area contributed by atoms with Crippen LogP contribution in [0.1, 0.15) is 49.9 Å². The van der Waals surface area contributed by atoms with Crippen molar-refractivity contribution in [2.75, 3.05) is 12.9 Å².